The molecule has 0 atom stereocenters. The molecule has 0 saturated heterocycles. The number of aryl methyl sites for hydroxylation is 2. The molecule has 5 rings (SSSR count). The van der Waals surface area contributed by atoms with Gasteiger partial charge in [0.05, 0.1) is 6.20 Å². The quantitative estimate of drug-likeness (QED) is 0.475. The fourth-order valence-corrected chi connectivity index (χ4v) is 2.72. The summed E-state index contributed by atoms with van der Waals surface area (Å²) in [6.45, 7) is 3.68. The molecular weight excluding hydrogens is 320 g/mol. The normalized spacial score (nSPS) is 11.6. The topological polar surface area (TPSA) is 104 Å². The Bertz CT molecular complexity index is 1230. The van der Waals surface area contributed by atoms with E-state index in [1.54, 1.807) is 26.1 Å². The van der Waals surface area contributed by atoms with Gasteiger partial charge in [-0.2, -0.15) is 14.3 Å². The zero-order valence-corrected chi connectivity index (χ0v) is 13.4. The van der Waals surface area contributed by atoms with Gasteiger partial charge in [0.1, 0.15) is 11.5 Å². The number of rotatable bonds is 2. The van der Waals surface area contributed by atoms with Crippen LogP contribution in [-0.4, -0.2) is 49.2 Å². The number of hydrogen-bond acceptors (Lipinski definition) is 7. The molecule has 25 heavy (non-hydrogen) atoms. The van der Waals surface area contributed by atoms with Crippen LogP contribution in [0.3, 0.4) is 0 Å². The van der Waals surface area contributed by atoms with Crippen LogP contribution < -0.4 is 0 Å². The first-order valence-corrected chi connectivity index (χ1v) is 7.63. The summed E-state index contributed by atoms with van der Waals surface area (Å²) in [6, 6.07) is 7.40. The average molecular weight is 332 g/mol. The SMILES string of the molecule is Cc1nc(-c2cnc3cccnn23)n(-c2ccc3nnc(C)n3n2)n1. The highest BCUT2D eigenvalue weighted by atomic mass is 15.4. The number of fused-ring (bicyclic) bond motifs is 2. The van der Waals surface area contributed by atoms with Gasteiger partial charge >= 0.3 is 0 Å². The van der Waals surface area contributed by atoms with Crippen molar-refractivity contribution in [1.29, 1.82) is 0 Å². The van der Waals surface area contributed by atoms with E-state index in [9.17, 15) is 0 Å². The lowest BCUT2D eigenvalue weighted by Gasteiger charge is -2.05. The van der Waals surface area contributed by atoms with E-state index in [4.69, 9.17) is 0 Å². The Morgan fingerprint density at radius 3 is 2.76 bits per heavy atom. The van der Waals surface area contributed by atoms with Crippen molar-refractivity contribution in [2.75, 3.05) is 0 Å². The molecular formula is C15H12N10. The van der Waals surface area contributed by atoms with Crippen LogP contribution >= 0.6 is 0 Å². The molecule has 0 radical (unpaired) electrons. The Morgan fingerprint density at radius 2 is 1.84 bits per heavy atom. The first kappa shape index (κ1) is 13.7. The van der Waals surface area contributed by atoms with Gasteiger partial charge in [-0.25, -0.2) is 14.5 Å². The van der Waals surface area contributed by atoms with E-state index in [2.05, 4.69) is 35.5 Å². The van der Waals surface area contributed by atoms with Crippen LogP contribution in [0.5, 0.6) is 0 Å². The van der Waals surface area contributed by atoms with Crippen molar-refractivity contribution in [1.82, 2.24) is 49.2 Å². The summed E-state index contributed by atoms with van der Waals surface area (Å²) in [7, 11) is 0. The second kappa shape index (κ2) is 4.90. The zero-order chi connectivity index (χ0) is 17.0. The van der Waals surface area contributed by atoms with Gasteiger partial charge in [-0.05, 0) is 38.1 Å². The monoisotopic (exact) mass is 332 g/mol. The van der Waals surface area contributed by atoms with Gasteiger partial charge in [-0.15, -0.1) is 20.4 Å². The number of aromatic nitrogens is 10. The standard InChI is InChI=1S/C15H12N10/c1-9-18-15(11-8-16-12-4-3-7-17-24(11)12)25(21-9)14-6-5-13-20-19-10(2)23(13)22-14/h3-8H,1-2H3. The van der Waals surface area contributed by atoms with E-state index in [0.29, 0.717) is 28.9 Å². The molecule has 0 amide bonds. The number of nitrogens with zero attached hydrogens (tertiary/aromatic N) is 10. The lowest BCUT2D eigenvalue weighted by atomic mass is 10.4. The summed E-state index contributed by atoms with van der Waals surface area (Å²) >= 11 is 0. The molecule has 0 aliphatic carbocycles. The van der Waals surface area contributed by atoms with Crippen molar-refractivity contribution in [3.05, 3.63) is 48.3 Å². The summed E-state index contributed by atoms with van der Waals surface area (Å²) < 4.78 is 5.07. The molecule has 5 heterocycles. The molecule has 0 bridgehead atoms. The minimum atomic E-state index is 0.608. The highest BCUT2D eigenvalue weighted by molar-refractivity contribution is 5.57. The van der Waals surface area contributed by atoms with Crippen molar-refractivity contribution in [3.63, 3.8) is 0 Å². The molecule has 0 fully saturated rings. The third-order valence-corrected chi connectivity index (χ3v) is 3.84. The van der Waals surface area contributed by atoms with Crippen LogP contribution in [0.4, 0.5) is 0 Å². The van der Waals surface area contributed by atoms with Crippen molar-refractivity contribution >= 4 is 11.3 Å². The van der Waals surface area contributed by atoms with Crippen LogP contribution in [0.1, 0.15) is 11.6 Å². The van der Waals surface area contributed by atoms with Gasteiger partial charge in [-0.1, -0.05) is 0 Å². The molecule has 0 spiro atoms. The molecule has 0 saturated carbocycles. The van der Waals surface area contributed by atoms with Crippen LogP contribution in [0.25, 0.3) is 28.6 Å². The van der Waals surface area contributed by atoms with E-state index >= 15 is 0 Å². The van der Waals surface area contributed by atoms with Crippen molar-refractivity contribution in [3.8, 4) is 17.3 Å². The molecule has 0 aromatic carbocycles. The molecule has 5 aromatic heterocycles. The zero-order valence-electron chi connectivity index (χ0n) is 13.4. The van der Waals surface area contributed by atoms with E-state index in [0.717, 1.165) is 11.3 Å². The molecule has 0 aliphatic heterocycles. The lowest BCUT2D eigenvalue weighted by molar-refractivity contribution is 0.771. The van der Waals surface area contributed by atoms with E-state index in [1.165, 1.54) is 0 Å². The van der Waals surface area contributed by atoms with Crippen molar-refractivity contribution in [2.24, 2.45) is 0 Å². The van der Waals surface area contributed by atoms with Crippen LogP contribution in [0, 0.1) is 13.8 Å². The lowest BCUT2D eigenvalue weighted by Crippen LogP contribution is -2.07. The predicted octanol–water partition coefficient (Wildman–Crippen LogP) is 1.03. The molecule has 0 unspecified atom stereocenters. The molecule has 122 valence electrons. The van der Waals surface area contributed by atoms with E-state index in [1.807, 2.05) is 38.1 Å². The summed E-state index contributed by atoms with van der Waals surface area (Å²) in [4.78, 5) is 8.91. The first-order valence-electron chi connectivity index (χ1n) is 7.63. The van der Waals surface area contributed by atoms with Gasteiger partial charge in [0.2, 0.25) is 0 Å². The van der Waals surface area contributed by atoms with E-state index < -0.39 is 0 Å². The number of hydrogen-bond donors (Lipinski definition) is 0. The summed E-state index contributed by atoms with van der Waals surface area (Å²) in [6.07, 6.45) is 3.43. The molecule has 0 aliphatic rings. The van der Waals surface area contributed by atoms with Gasteiger partial charge in [0.25, 0.3) is 0 Å². The Balaban J connectivity index is 1.76. The summed E-state index contributed by atoms with van der Waals surface area (Å²) in [5, 5.41) is 21.5. The summed E-state index contributed by atoms with van der Waals surface area (Å²) in [5.74, 6) is 2.55. The molecule has 10 heteroatoms. The molecule has 5 aromatic rings. The Hall–Kier alpha value is -3.69. The van der Waals surface area contributed by atoms with Crippen LogP contribution in [-0.2, 0) is 0 Å². The Morgan fingerprint density at radius 1 is 0.920 bits per heavy atom. The first-order chi connectivity index (χ1) is 12.2. The van der Waals surface area contributed by atoms with Crippen LogP contribution in [0.2, 0.25) is 0 Å². The third-order valence-electron chi connectivity index (χ3n) is 3.84. The molecule has 10 nitrogen and oxygen atoms in total. The second-order valence-electron chi connectivity index (χ2n) is 5.54. The van der Waals surface area contributed by atoms with E-state index in [-0.39, 0.29) is 0 Å². The van der Waals surface area contributed by atoms with Gasteiger partial charge in [0.15, 0.2) is 28.8 Å². The maximum Gasteiger partial charge on any atom is 0.185 e. The fraction of sp³-hybridized carbons (Fsp3) is 0.133. The largest absolute Gasteiger partial charge is 0.235 e. The number of imidazole rings is 1. The fourth-order valence-electron chi connectivity index (χ4n) is 2.72. The highest BCUT2D eigenvalue weighted by Gasteiger charge is 2.18. The minimum Gasteiger partial charge on any atom is -0.235 e. The van der Waals surface area contributed by atoms with Gasteiger partial charge in [0, 0.05) is 6.20 Å². The van der Waals surface area contributed by atoms with Crippen LogP contribution in [0.15, 0.2) is 36.7 Å². The Kier molecular flexibility index (Phi) is 2.69. The highest BCUT2D eigenvalue weighted by Crippen LogP contribution is 2.21. The summed E-state index contributed by atoms with van der Waals surface area (Å²) in [5.41, 5.74) is 2.15. The van der Waals surface area contributed by atoms with Gasteiger partial charge < -0.3 is 0 Å². The van der Waals surface area contributed by atoms with Gasteiger partial charge in [-0.3, -0.25) is 0 Å². The maximum atomic E-state index is 4.57. The predicted molar refractivity (Wildman–Crippen MR) is 87.2 cm³/mol. The van der Waals surface area contributed by atoms with Crippen molar-refractivity contribution < 1.29 is 0 Å². The smallest absolute Gasteiger partial charge is 0.185 e. The molecule has 0 N–H and O–H groups in total. The average Bonchev–Trinajstić information content (AvgIpc) is 3.31. The third kappa shape index (κ3) is 2.00. The minimum absolute atomic E-state index is 0.608. The van der Waals surface area contributed by atoms with Crippen molar-refractivity contribution in [2.45, 2.75) is 13.8 Å². The Labute approximate surface area is 140 Å². The maximum absolute atomic E-state index is 4.57. The second-order valence-corrected chi connectivity index (χ2v) is 5.54.